The molecule has 4 heterocycles. The van der Waals surface area contributed by atoms with Crippen LogP contribution in [0, 0.1) is 0 Å². The molecule has 1 aliphatic rings. The molecule has 4 aromatic rings. The summed E-state index contributed by atoms with van der Waals surface area (Å²) in [6.07, 6.45) is 1.96. The first kappa shape index (κ1) is 15.3. The second-order valence-corrected chi connectivity index (χ2v) is 7.25. The van der Waals surface area contributed by atoms with E-state index in [1.165, 1.54) is 0 Å². The van der Waals surface area contributed by atoms with E-state index < -0.39 is 0 Å². The summed E-state index contributed by atoms with van der Waals surface area (Å²) in [7, 11) is 0. The van der Waals surface area contributed by atoms with Gasteiger partial charge in [0.15, 0.2) is 0 Å². The standard InChI is InChI=1S/C19H16N4O2S/c24-17(11-22-7-5-13-3-1-2-4-16(13)22)23-9-15(10-23)19-20-18(21-25-19)14-6-8-26-12-14/h1-8,12,15H,9-11H2. The number of amides is 1. The number of carbonyl (C=O) groups is 1. The van der Waals surface area contributed by atoms with Gasteiger partial charge in [-0.1, -0.05) is 23.4 Å². The van der Waals surface area contributed by atoms with Crippen molar-refractivity contribution in [2.45, 2.75) is 12.5 Å². The van der Waals surface area contributed by atoms with Crippen molar-refractivity contribution in [3.05, 3.63) is 59.2 Å². The molecule has 1 fully saturated rings. The van der Waals surface area contributed by atoms with Crippen LogP contribution in [0.5, 0.6) is 0 Å². The van der Waals surface area contributed by atoms with Gasteiger partial charge in [0.05, 0.1) is 5.92 Å². The lowest BCUT2D eigenvalue weighted by Crippen LogP contribution is -2.49. The zero-order valence-electron chi connectivity index (χ0n) is 13.9. The van der Waals surface area contributed by atoms with Crippen molar-refractivity contribution in [2.24, 2.45) is 0 Å². The normalized spacial score (nSPS) is 14.7. The lowest BCUT2D eigenvalue weighted by atomic mass is 10.00. The molecule has 0 spiro atoms. The fraction of sp³-hybridized carbons (Fsp3) is 0.211. The van der Waals surface area contributed by atoms with E-state index in [4.69, 9.17) is 4.52 Å². The lowest BCUT2D eigenvalue weighted by molar-refractivity contribution is -0.136. The molecule has 0 saturated carbocycles. The number of para-hydroxylation sites is 1. The van der Waals surface area contributed by atoms with Gasteiger partial charge in [0.2, 0.25) is 17.6 Å². The zero-order valence-corrected chi connectivity index (χ0v) is 14.7. The van der Waals surface area contributed by atoms with Gasteiger partial charge in [0.25, 0.3) is 0 Å². The summed E-state index contributed by atoms with van der Waals surface area (Å²) < 4.78 is 7.38. The zero-order chi connectivity index (χ0) is 17.5. The van der Waals surface area contributed by atoms with Crippen molar-refractivity contribution in [1.82, 2.24) is 19.6 Å². The molecule has 1 aromatic carbocycles. The van der Waals surface area contributed by atoms with Crippen LogP contribution in [0.2, 0.25) is 0 Å². The van der Waals surface area contributed by atoms with Crippen LogP contribution < -0.4 is 0 Å². The second kappa shape index (κ2) is 6.10. The minimum atomic E-state index is 0.111. The average molecular weight is 364 g/mol. The monoisotopic (exact) mass is 364 g/mol. The van der Waals surface area contributed by atoms with Gasteiger partial charge in [0, 0.05) is 35.7 Å². The fourth-order valence-electron chi connectivity index (χ4n) is 3.27. The van der Waals surface area contributed by atoms with Crippen LogP contribution in [-0.2, 0) is 11.3 Å². The number of thiophene rings is 1. The van der Waals surface area contributed by atoms with E-state index in [0.717, 1.165) is 16.5 Å². The highest BCUT2D eigenvalue weighted by Crippen LogP contribution is 2.28. The highest BCUT2D eigenvalue weighted by Gasteiger charge is 2.35. The Morgan fingerprint density at radius 2 is 2.12 bits per heavy atom. The smallest absolute Gasteiger partial charge is 0.242 e. The first-order valence-electron chi connectivity index (χ1n) is 8.46. The Kier molecular flexibility index (Phi) is 3.60. The van der Waals surface area contributed by atoms with Crippen LogP contribution in [0.25, 0.3) is 22.3 Å². The Bertz CT molecular complexity index is 1060. The molecule has 1 aliphatic heterocycles. The van der Waals surface area contributed by atoms with Crippen LogP contribution in [0.3, 0.4) is 0 Å². The first-order chi connectivity index (χ1) is 12.8. The van der Waals surface area contributed by atoms with Crippen molar-refractivity contribution < 1.29 is 9.32 Å². The molecular formula is C19H16N4O2S. The van der Waals surface area contributed by atoms with Crippen LogP contribution in [0.1, 0.15) is 11.8 Å². The minimum Gasteiger partial charge on any atom is -0.339 e. The number of nitrogens with zero attached hydrogens (tertiary/aromatic N) is 4. The molecule has 0 N–H and O–H groups in total. The molecular weight excluding hydrogens is 348 g/mol. The van der Waals surface area contributed by atoms with E-state index in [1.54, 1.807) is 11.3 Å². The van der Waals surface area contributed by atoms with E-state index >= 15 is 0 Å². The molecule has 6 nitrogen and oxygen atoms in total. The number of aromatic nitrogens is 3. The molecule has 0 atom stereocenters. The van der Waals surface area contributed by atoms with Crippen LogP contribution in [0.15, 0.2) is 57.9 Å². The number of likely N-dealkylation sites (tertiary alicyclic amines) is 1. The van der Waals surface area contributed by atoms with Gasteiger partial charge in [0.1, 0.15) is 6.54 Å². The van der Waals surface area contributed by atoms with Gasteiger partial charge in [-0.25, -0.2) is 0 Å². The summed E-state index contributed by atoms with van der Waals surface area (Å²) in [5.74, 6) is 1.46. The Morgan fingerprint density at radius 1 is 1.23 bits per heavy atom. The number of hydrogen-bond acceptors (Lipinski definition) is 5. The van der Waals surface area contributed by atoms with E-state index in [0.29, 0.717) is 31.3 Å². The molecule has 1 amide bonds. The van der Waals surface area contributed by atoms with Crippen molar-refractivity contribution >= 4 is 28.1 Å². The minimum absolute atomic E-state index is 0.111. The number of carbonyl (C=O) groups excluding carboxylic acids is 1. The van der Waals surface area contributed by atoms with E-state index in [2.05, 4.69) is 16.2 Å². The van der Waals surface area contributed by atoms with E-state index in [9.17, 15) is 4.79 Å². The van der Waals surface area contributed by atoms with Crippen LogP contribution >= 0.6 is 11.3 Å². The maximum absolute atomic E-state index is 12.5. The van der Waals surface area contributed by atoms with Crippen molar-refractivity contribution in [3.63, 3.8) is 0 Å². The van der Waals surface area contributed by atoms with E-state index in [1.807, 2.05) is 56.8 Å². The van der Waals surface area contributed by atoms with Crippen LogP contribution in [0.4, 0.5) is 0 Å². The lowest BCUT2D eigenvalue weighted by Gasteiger charge is -2.37. The summed E-state index contributed by atoms with van der Waals surface area (Å²) in [4.78, 5) is 18.9. The molecule has 7 heteroatoms. The SMILES string of the molecule is O=C(Cn1ccc2ccccc21)N1CC(c2nc(-c3ccsc3)no2)C1. The van der Waals surface area contributed by atoms with Crippen molar-refractivity contribution in [3.8, 4) is 11.4 Å². The third-order valence-electron chi connectivity index (χ3n) is 4.79. The first-order valence-corrected chi connectivity index (χ1v) is 9.40. The molecule has 0 radical (unpaired) electrons. The Balaban J connectivity index is 1.23. The van der Waals surface area contributed by atoms with Crippen molar-refractivity contribution in [2.75, 3.05) is 13.1 Å². The van der Waals surface area contributed by atoms with Gasteiger partial charge in [-0.2, -0.15) is 16.3 Å². The molecule has 0 aliphatic carbocycles. The Labute approximate surface area is 153 Å². The van der Waals surface area contributed by atoms with Gasteiger partial charge in [-0.05, 0) is 29.0 Å². The summed E-state index contributed by atoms with van der Waals surface area (Å²) >= 11 is 1.60. The number of fused-ring (bicyclic) bond motifs is 1. The number of rotatable bonds is 4. The number of hydrogen-bond donors (Lipinski definition) is 0. The van der Waals surface area contributed by atoms with Gasteiger partial charge in [-0.15, -0.1) is 0 Å². The van der Waals surface area contributed by atoms with Gasteiger partial charge in [-0.3, -0.25) is 4.79 Å². The van der Waals surface area contributed by atoms with Gasteiger partial charge < -0.3 is 14.0 Å². The summed E-state index contributed by atoms with van der Waals surface area (Å²) in [6, 6.07) is 12.1. The Morgan fingerprint density at radius 3 is 2.96 bits per heavy atom. The third kappa shape index (κ3) is 2.61. The Hall–Kier alpha value is -2.93. The maximum Gasteiger partial charge on any atom is 0.242 e. The average Bonchev–Trinajstić information content (AvgIpc) is 3.34. The quantitative estimate of drug-likeness (QED) is 0.557. The summed E-state index contributed by atoms with van der Waals surface area (Å²) in [5, 5.41) is 9.17. The summed E-state index contributed by atoms with van der Waals surface area (Å²) in [6.45, 7) is 1.61. The molecule has 130 valence electrons. The second-order valence-electron chi connectivity index (χ2n) is 6.47. The van der Waals surface area contributed by atoms with E-state index in [-0.39, 0.29) is 11.8 Å². The highest BCUT2D eigenvalue weighted by atomic mass is 32.1. The molecule has 1 saturated heterocycles. The molecule has 0 unspecified atom stereocenters. The predicted octanol–water partition coefficient (Wildman–Crippen LogP) is 3.38. The maximum atomic E-state index is 12.5. The molecule has 3 aromatic heterocycles. The number of benzene rings is 1. The fourth-order valence-corrected chi connectivity index (χ4v) is 3.91. The predicted molar refractivity (Wildman–Crippen MR) is 98.9 cm³/mol. The van der Waals surface area contributed by atoms with Crippen LogP contribution in [-0.4, -0.2) is 38.6 Å². The third-order valence-corrected chi connectivity index (χ3v) is 5.47. The molecule has 0 bridgehead atoms. The molecule has 5 rings (SSSR count). The molecule has 26 heavy (non-hydrogen) atoms. The summed E-state index contributed by atoms with van der Waals surface area (Å²) in [5.41, 5.74) is 2.05. The highest BCUT2D eigenvalue weighted by molar-refractivity contribution is 7.08. The largest absolute Gasteiger partial charge is 0.339 e. The van der Waals surface area contributed by atoms with Gasteiger partial charge >= 0.3 is 0 Å². The topological polar surface area (TPSA) is 64.2 Å². The van der Waals surface area contributed by atoms with Crippen molar-refractivity contribution in [1.29, 1.82) is 0 Å².